The first-order valence-electron chi connectivity index (χ1n) is 12.8. The van der Waals surface area contributed by atoms with Crippen LogP contribution in [0.25, 0.3) is 0 Å². The molecule has 2 fully saturated rings. The Morgan fingerprint density at radius 1 is 1.15 bits per heavy atom. The zero-order valence-electron chi connectivity index (χ0n) is 19.6. The molecule has 33 heavy (non-hydrogen) atoms. The topological polar surface area (TPSA) is 70.0 Å². The van der Waals surface area contributed by atoms with Gasteiger partial charge in [0.1, 0.15) is 18.5 Å². The molecule has 0 spiro atoms. The SMILES string of the molecule is O=C(CCCCC1=C[C@H]2C[C@@H](O)[C@H](C=C[C@@H](O)COc3ccccc3)[C@H]2C1)N1CCCCC1. The molecule has 0 radical (unpaired) electrons. The second-order valence-corrected chi connectivity index (χ2v) is 9.96. The number of nitrogens with zero attached hydrogens (tertiary/aromatic N) is 1. The molecule has 1 aromatic rings. The fraction of sp³-hybridized carbons (Fsp3) is 0.607. The highest BCUT2D eigenvalue weighted by molar-refractivity contribution is 5.76. The molecular weight excluding hydrogens is 414 g/mol. The number of ether oxygens (including phenoxy) is 1. The van der Waals surface area contributed by atoms with Crippen molar-refractivity contribution in [2.45, 2.75) is 70.0 Å². The Labute approximate surface area is 198 Å². The number of carbonyl (C=O) groups excluding carboxylic acids is 1. The molecule has 0 bridgehead atoms. The molecule has 1 aromatic carbocycles. The number of allylic oxidation sites excluding steroid dienone is 2. The third kappa shape index (κ3) is 6.70. The predicted octanol–water partition coefficient (Wildman–Crippen LogP) is 4.50. The van der Waals surface area contributed by atoms with Crippen molar-refractivity contribution in [3.8, 4) is 5.75 Å². The van der Waals surface area contributed by atoms with Gasteiger partial charge in [-0.15, -0.1) is 0 Å². The lowest BCUT2D eigenvalue weighted by atomic mass is 9.88. The Bertz CT molecular complexity index is 814. The third-order valence-electron chi connectivity index (χ3n) is 7.52. The first-order chi connectivity index (χ1) is 16.1. The number of aliphatic hydroxyl groups is 2. The summed E-state index contributed by atoms with van der Waals surface area (Å²) in [4.78, 5) is 14.4. The van der Waals surface area contributed by atoms with E-state index in [0.29, 0.717) is 24.2 Å². The quantitative estimate of drug-likeness (QED) is 0.404. The maximum absolute atomic E-state index is 12.3. The Balaban J connectivity index is 1.18. The maximum Gasteiger partial charge on any atom is 0.222 e. The van der Waals surface area contributed by atoms with Crippen molar-refractivity contribution in [1.82, 2.24) is 4.90 Å². The third-order valence-corrected chi connectivity index (χ3v) is 7.52. The Kier molecular flexibility index (Phi) is 8.63. The monoisotopic (exact) mass is 453 g/mol. The van der Waals surface area contributed by atoms with Crippen molar-refractivity contribution in [2.75, 3.05) is 19.7 Å². The molecule has 5 nitrogen and oxygen atoms in total. The van der Waals surface area contributed by atoms with Gasteiger partial charge in [-0.3, -0.25) is 4.79 Å². The summed E-state index contributed by atoms with van der Waals surface area (Å²) in [5, 5.41) is 20.9. The largest absolute Gasteiger partial charge is 0.491 e. The number of fused-ring (bicyclic) bond motifs is 1. The molecule has 1 amide bonds. The van der Waals surface area contributed by atoms with Gasteiger partial charge in [-0.25, -0.2) is 0 Å². The van der Waals surface area contributed by atoms with E-state index in [1.807, 2.05) is 41.3 Å². The number of amides is 1. The lowest BCUT2D eigenvalue weighted by Gasteiger charge is -2.26. The lowest BCUT2D eigenvalue weighted by molar-refractivity contribution is -0.132. The van der Waals surface area contributed by atoms with E-state index in [1.54, 1.807) is 6.08 Å². The van der Waals surface area contributed by atoms with Crippen molar-refractivity contribution >= 4 is 5.91 Å². The summed E-state index contributed by atoms with van der Waals surface area (Å²) in [5.74, 6) is 2.00. The minimum atomic E-state index is -0.692. The molecule has 2 N–H and O–H groups in total. The van der Waals surface area contributed by atoms with Gasteiger partial charge in [-0.1, -0.05) is 42.0 Å². The van der Waals surface area contributed by atoms with Crippen molar-refractivity contribution < 1.29 is 19.7 Å². The molecule has 0 aromatic heterocycles. The number of likely N-dealkylation sites (tertiary alicyclic amines) is 1. The van der Waals surface area contributed by atoms with Crippen LogP contribution in [-0.4, -0.2) is 52.9 Å². The van der Waals surface area contributed by atoms with Gasteiger partial charge in [-0.2, -0.15) is 0 Å². The van der Waals surface area contributed by atoms with Crippen LogP contribution >= 0.6 is 0 Å². The van der Waals surface area contributed by atoms with Crippen LogP contribution < -0.4 is 4.74 Å². The highest BCUT2D eigenvalue weighted by Gasteiger charge is 2.43. The standard InChI is InChI=1S/C28H39NO4/c30-23(20-33-24-10-3-1-4-11-24)13-14-25-26-18-21(17-22(26)19-27(25)31)9-5-6-12-28(32)29-15-7-2-8-16-29/h1,3-4,10-11,13-14,17,22-23,25-27,30-31H,2,5-9,12,15-16,18-20H2/t22-,23+,25+,26-,27+/m0/s1. The maximum atomic E-state index is 12.3. The van der Waals surface area contributed by atoms with E-state index >= 15 is 0 Å². The summed E-state index contributed by atoms with van der Waals surface area (Å²) in [6, 6.07) is 9.49. The Morgan fingerprint density at radius 3 is 2.73 bits per heavy atom. The number of carbonyl (C=O) groups is 1. The number of hydrogen-bond donors (Lipinski definition) is 2. The molecule has 1 saturated heterocycles. The number of benzene rings is 1. The van der Waals surface area contributed by atoms with Gasteiger partial charge in [0.05, 0.1) is 6.10 Å². The minimum absolute atomic E-state index is 0.0794. The minimum Gasteiger partial charge on any atom is -0.491 e. The molecule has 4 rings (SSSR count). The van der Waals surface area contributed by atoms with E-state index in [0.717, 1.165) is 63.8 Å². The van der Waals surface area contributed by atoms with E-state index in [1.165, 1.54) is 12.0 Å². The van der Waals surface area contributed by atoms with Gasteiger partial charge in [0.25, 0.3) is 0 Å². The molecular formula is C28H39NO4. The normalized spacial score (nSPS) is 28.1. The number of piperidine rings is 1. The first-order valence-corrected chi connectivity index (χ1v) is 12.8. The zero-order chi connectivity index (χ0) is 23.0. The second kappa shape index (κ2) is 11.8. The molecule has 1 aliphatic heterocycles. The molecule has 5 heteroatoms. The van der Waals surface area contributed by atoms with Gasteiger partial charge in [0, 0.05) is 25.4 Å². The van der Waals surface area contributed by atoms with Gasteiger partial charge >= 0.3 is 0 Å². The lowest BCUT2D eigenvalue weighted by Crippen LogP contribution is -2.35. The molecule has 5 atom stereocenters. The summed E-state index contributed by atoms with van der Waals surface area (Å²) >= 11 is 0. The highest BCUT2D eigenvalue weighted by atomic mass is 16.5. The van der Waals surface area contributed by atoms with Crippen LogP contribution in [0.15, 0.2) is 54.1 Å². The molecule has 3 aliphatic rings. The molecule has 0 unspecified atom stereocenters. The van der Waals surface area contributed by atoms with E-state index in [4.69, 9.17) is 4.74 Å². The average molecular weight is 454 g/mol. The van der Waals surface area contributed by atoms with Crippen LogP contribution in [0.1, 0.15) is 57.8 Å². The van der Waals surface area contributed by atoms with Gasteiger partial charge in [-0.05, 0) is 75.3 Å². The van der Waals surface area contributed by atoms with Crippen molar-refractivity contribution in [1.29, 1.82) is 0 Å². The van der Waals surface area contributed by atoms with Crippen molar-refractivity contribution in [2.24, 2.45) is 17.8 Å². The van der Waals surface area contributed by atoms with Crippen LogP contribution in [0.5, 0.6) is 5.75 Å². The number of rotatable bonds is 10. The van der Waals surface area contributed by atoms with E-state index in [-0.39, 0.29) is 18.6 Å². The Morgan fingerprint density at radius 2 is 1.94 bits per heavy atom. The first kappa shape index (κ1) is 24.0. The van der Waals surface area contributed by atoms with E-state index in [2.05, 4.69) is 6.08 Å². The summed E-state index contributed by atoms with van der Waals surface area (Å²) in [5.41, 5.74) is 1.48. The fourth-order valence-corrected chi connectivity index (χ4v) is 5.73. The van der Waals surface area contributed by atoms with Gasteiger partial charge in [0.15, 0.2) is 0 Å². The van der Waals surface area contributed by atoms with Crippen LogP contribution in [0, 0.1) is 17.8 Å². The summed E-state index contributed by atoms with van der Waals surface area (Å²) in [6.07, 6.45) is 14.3. The highest BCUT2D eigenvalue weighted by Crippen LogP contribution is 2.48. The zero-order valence-corrected chi connectivity index (χ0v) is 19.6. The molecule has 180 valence electrons. The fourth-order valence-electron chi connectivity index (χ4n) is 5.73. The number of hydrogen-bond acceptors (Lipinski definition) is 4. The molecule has 1 heterocycles. The van der Waals surface area contributed by atoms with E-state index < -0.39 is 6.10 Å². The van der Waals surface area contributed by atoms with Crippen molar-refractivity contribution in [3.05, 3.63) is 54.1 Å². The van der Waals surface area contributed by atoms with Crippen LogP contribution in [0.2, 0.25) is 0 Å². The molecule has 2 aliphatic carbocycles. The van der Waals surface area contributed by atoms with Crippen molar-refractivity contribution in [3.63, 3.8) is 0 Å². The summed E-state index contributed by atoms with van der Waals surface area (Å²) < 4.78 is 5.62. The predicted molar refractivity (Wildman–Crippen MR) is 130 cm³/mol. The van der Waals surface area contributed by atoms with E-state index in [9.17, 15) is 15.0 Å². The van der Waals surface area contributed by atoms with Gasteiger partial charge in [0.2, 0.25) is 5.91 Å². The second-order valence-electron chi connectivity index (χ2n) is 9.96. The summed E-state index contributed by atoms with van der Waals surface area (Å²) in [7, 11) is 0. The number of unbranched alkanes of at least 4 members (excludes halogenated alkanes) is 1. The number of para-hydroxylation sites is 1. The van der Waals surface area contributed by atoms with Crippen LogP contribution in [0.3, 0.4) is 0 Å². The van der Waals surface area contributed by atoms with Crippen LogP contribution in [-0.2, 0) is 4.79 Å². The smallest absolute Gasteiger partial charge is 0.222 e. The average Bonchev–Trinajstić information content (AvgIpc) is 3.36. The Hall–Kier alpha value is -2.11. The number of aliphatic hydroxyl groups excluding tert-OH is 2. The molecule has 1 saturated carbocycles. The van der Waals surface area contributed by atoms with Crippen LogP contribution in [0.4, 0.5) is 0 Å². The summed E-state index contributed by atoms with van der Waals surface area (Å²) in [6.45, 7) is 2.09. The van der Waals surface area contributed by atoms with Gasteiger partial charge < -0.3 is 19.8 Å².